The van der Waals surface area contributed by atoms with Crippen LogP contribution < -0.4 is 20.7 Å². The van der Waals surface area contributed by atoms with Gasteiger partial charge in [-0.05, 0) is 49.4 Å². The van der Waals surface area contributed by atoms with Crippen LogP contribution in [0.25, 0.3) is 11.0 Å². The van der Waals surface area contributed by atoms with Crippen molar-refractivity contribution in [1.29, 1.82) is 0 Å². The molecule has 1 saturated heterocycles. The first-order chi connectivity index (χ1) is 16.9. The van der Waals surface area contributed by atoms with Crippen molar-refractivity contribution in [3.8, 4) is 11.5 Å². The summed E-state index contributed by atoms with van der Waals surface area (Å²) in [5.74, 6) is 0.841. The average Bonchev–Trinajstić information content (AvgIpc) is 3.50. The minimum Gasteiger partial charge on any atom is -0.456 e. The number of amides is 1. The molecule has 1 aromatic carbocycles. The molecule has 9 nitrogen and oxygen atoms in total. The third-order valence-corrected chi connectivity index (χ3v) is 5.50. The Labute approximate surface area is 197 Å². The molecule has 1 fully saturated rings. The first-order valence-electron chi connectivity index (χ1n) is 10.8. The second kappa shape index (κ2) is 9.22. The normalized spacial score (nSPS) is 15.8. The highest BCUT2D eigenvalue weighted by Gasteiger charge is 2.31. The zero-order valence-electron chi connectivity index (χ0n) is 18.2. The second-order valence-electron chi connectivity index (χ2n) is 7.95. The van der Waals surface area contributed by atoms with Crippen LogP contribution in [0.4, 0.5) is 24.8 Å². The Bertz CT molecular complexity index is 1350. The molecule has 3 aromatic heterocycles. The van der Waals surface area contributed by atoms with Crippen molar-refractivity contribution in [3.63, 3.8) is 0 Å². The smallest absolute Gasteiger partial charge is 0.416 e. The number of rotatable bonds is 6. The van der Waals surface area contributed by atoms with E-state index in [1.165, 1.54) is 12.1 Å². The Morgan fingerprint density at radius 1 is 1.09 bits per heavy atom. The number of nitrogens with one attached hydrogen (secondary N) is 4. The lowest BCUT2D eigenvalue weighted by Gasteiger charge is -2.12. The molecule has 12 heteroatoms. The van der Waals surface area contributed by atoms with Crippen LogP contribution in [-0.2, 0) is 6.18 Å². The SMILES string of the molecule is O=C(Nc1cc(C(F)(F)F)ccn1)c1ccc(Oc2ccnc3[nH]nc(N[C@@H]4CCNC4)c23)cc1. The summed E-state index contributed by atoms with van der Waals surface area (Å²) >= 11 is 0. The number of benzene rings is 1. The predicted octanol–water partition coefficient (Wildman–Crippen LogP) is 4.19. The molecule has 1 aliphatic heterocycles. The maximum atomic E-state index is 12.9. The van der Waals surface area contributed by atoms with Gasteiger partial charge >= 0.3 is 6.18 Å². The molecule has 4 N–H and O–H groups in total. The first-order valence-corrected chi connectivity index (χ1v) is 10.8. The minimum atomic E-state index is -4.53. The highest BCUT2D eigenvalue weighted by atomic mass is 19.4. The summed E-state index contributed by atoms with van der Waals surface area (Å²) in [4.78, 5) is 20.6. The molecule has 1 aliphatic rings. The molecule has 4 aromatic rings. The van der Waals surface area contributed by atoms with Crippen LogP contribution in [-0.4, -0.2) is 45.2 Å². The van der Waals surface area contributed by atoms with Crippen LogP contribution in [0.3, 0.4) is 0 Å². The van der Waals surface area contributed by atoms with Gasteiger partial charge in [-0.15, -0.1) is 0 Å². The molecule has 35 heavy (non-hydrogen) atoms. The third kappa shape index (κ3) is 5.01. The van der Waals surface area contributed by atoms with E-state index in [1.807, 2.05) is 0 Å². The summed E-state index contributed by atoms with van der Waals surface area (Å²) in [6, 6.07) is 9.79. The summed E-state index contributed by atoms with van der Waals surface area (Å²) < 4.78 is 44.7. The van der Waals surface area contributed by atoms with E-state index in [0.717, 1.165) is 37.8 Å². The monoisotopic (exact) mass is 483 g/mol. The highest BCUT2D eigenvalue weighted by Crippen LogP contribution is 2.33. The number of ether oxygens (including phenoxy) is 1. The summed E-state index contributed by atoms with van der Waals surface area (Å²) in [7, 11) is 0. The van der Waals surface area contributed by atoms with E-state index in [9.17, 15) is 18.0 Å². The van der Waals surface area contributed by atoms with Crippen molar-refractivity contribution in [3.05, 3.63) is 66.0 Å². The van der Waals surface area contributed by atoms with Gasteiger partial charge in [-0.1, -0.05) is 0 Å². The van der Waals surface area contributed by atoms with E-state index in [0.29, 0.717) is 28.4 Å². The molecule has 1 atom stereocenters. The topological polar surface area (TPSA) is 117 Å². The second-order valence-corrected chi connectivity index (χ2v) is 7.95. The van der Waals surface area contributed by atoms with Gasteiger partial charge in [0.1, 0.15) is 22.7 Å². The zero-order chi connectivity index (χ0) is 24.4. The zero-order valence-corrected chi connectivity index (χ0v) is 18.2. The van der Waals surface area contributed by atoms with Crippen molar-refractivity contribution >= 4 is 28.6 Å². The summed E-state index contributed by atoms with van der Waals surface area (Å²) in [6.07, 6.45) is -0.962. The van der Waals surface area contributed by atoms with Crippen molar-refractivity contribution in [2.45, 2.75) is 18.6 Å². The fraction of sp³-hybridized carbons (Fsp3) is 0.217. The van der Waals surface area contributed by atoms with Crippen molar-refractivity contribution in [1.82, 2.24) is 25.5 Å². The van der Waals surface area contributed by atoms with Gasteiger partial charge in [0.25, 0.3) is 5.91 Å². The number of halogens is 3. The van der Waals surface area contributed by atoms with Gasteiger partial charge in [0, 0.05) is 36.6 Å². The Morgan fingerprint density at radius 3 is 2.63 bits per heavy atom. The van der Waals surface area contributed by atoms with E-state index in [-0.39, 0.29) is 17.4 Å². The Morgan fingerprint density at radius 2 is 1.89 bits per heavy atom. The van der Waals surface area contributed by atoms with Crippen molar-refractivity contribution in [2.75, 3.05) is 23.7 Å². The number of H-pyrrole nitrogens is 1. The molecule has 5 rings (SSSR count). The largest absolute Gasteiger partial charge is 0.456 e. The Balaban J connectivity index is 1.31. The van der Waals surface area contributed by atoms with E-state index in [1.54, 1.807) is 24.4 Å². The number of fused-ring (bicyclic) bond motifs is 1. The third-order valence-electron chi connectivity index (χ3n) is 5.50. The lowest BCUT2D eigenvalue weighted by Crippen LogP contribution is -2.22. The molecule has 0 aliphatic carbocycles. The number of anilines is 2. The van der Waals surface area contributed by atoms with E-state index in [2.05, 4.69) is 36.1 Å². The average molecular weight is 483 g/mol. The van der Waals surface area contributed by atoms with Gasteiger partial charge < -0.3 is 20.7 Å². The number of hydrogen-bond donors (Lipinski definition) is 4. The molecule has 0 radical (unpaired) electrons. The number of carbonyl (C=O) groups excluding carboxylic acids is 1. The number of carbonyl (C=O) groups is 1. The lowest BCUT2D eigenvalue weighted by atomic mass is 10.2. The predicted molar refractivity (Wildman–Crippen MR) is 122 cm³/mol. The van der Waals surface area contributed by atoms with E-state index in [4.69, 9.17) is 4.74 Å². The number of aromatic amines is 1. The molecule has 0 bridgehead atoms. The van der Waals surface area contributed by atoms with E-state index >= 15 is 0 Å². The molecular weight excluding hydrogens is 463 g/mol. The highest BCUT2D eigenvalue weighted by molar-refractivity contribution is 6.03. The number of pyridine rings is 2. The van der Waals surface area contributed by atoms with Crippen LogP contribution in [0, 0.1) is 0 Å². The molecule has 0 spiro atoms. The van der Waals surface area contributed by atoms with Crippen LogP contribution >= 0.6 is 0 Å². The molecule has 4 heterocycles. The first kappa shape index (κ1) is 22.6. The lowest BCUT2D eigenvalue weighted by molar-refractivity contribution is -0.137. The van der Waals surface area contributed by atoms with E-state index < -0.39 is 17.6 Å². The van der Waals surface area contributed by atoms with Gasteiger partial charge in [0.05, 0.1) is 5.56 Å². The van der Waals surface area contributed by atoms with Crippen LogP contribution in [0.15, 0.2) is 54.9 Å². The minimum absolute atomic E-state index is 0.193. The molecule has 1 amide bonds. The molecule has 0 unspecified atom stereocenters. The van der Waals surface area contributed by atoms with Crippen LogP contribution in [0.5, 0.6) is 11.5 Å². The number of alkyl halides is 3. The van der Waals surface area contributed by atoms with Gasteiger partial charge in [-0.25, -0.2) is 9.97 Å². The fourth-order valence-corrected chi connectivity index (χ4v) is 3.75. The van der Waals surface area contributed by atoms with Gasteiger partial charge in [0.15, 0.2) is 11.5 Å². The van der Waals surface area contributed by atoms with Crippen molar-refractivity contribution < 1.29 is 22.7 Å². The number of hydrogen-bond acceptors (Lipinski definition) is 7. The summed E-state index contributed by atoms with van der Waals surface area (Å²) in [5, 5.41) is 17.0. The van der Waals surface area contributed by atoms with Crippen LogP contribution in [0.2, 0.25) is 0 Å². The quantitative estimate of drug-likeness (QED) is 0.325. The van der Waals surface area contributed by atoms with Gasteiger partial charge in [-0.2, -0.15) is 18.3 Å². The maximum Gasteiger partial charge on any atom is 0.416 e. The molecule has 180 valence electrons. The Hall–Kier alpha value is -4.19. The molecular formula is C23H20F3N7O2. The van der Waals surface area contributed by atoms with Crippen LogP contribution in [0.1, 0.15) is 22.3 Å². The fourth-order valence-electron chi connectivity index (χ4n) is 3.75. The summed E-state index contributed by atoms with van der Waals surface area (Å²) in [5.41, 5.74) is -0.0936. The van der Waals surface area contributed by atoms with Gasteiger partial charge in [-0.3, -0.25) is 9.89 Å². The maximum absolute atomic E-state index is 12.9. The summed E-state index contributed by atoms with van der Waals surface area (Å²) in [6.45, 7) is 1.77. The standard InChI is InChI=1S/C23H20F3N7O2/c24-23(25,26)14-5-9-28-18(11-14)31-22(34)13-1-3-16(4-2-13)35-17-7-10-29-20-19(17)21(33-32-20)30-15-6-8-27-12-15/h1-5,7,9-11,15,27H,6,8,12H2,(H,28,31,34)(H2,29,30,32,33)/t15-/m1/s1. The van der Waals surface area contributed by atoms with Gasteiger partial charge in [0.2, 0.25) is 0 Å². The number of aromatic nitrogens is 4. The molecule has 0 saturated carbocycles. The Kier molecular flexibility index (Phi) is 5.95. The van der Waals surface area contributed by atoms with Crippen molar-refractivity contribution in [2.24, 2.45) is 0 Å². The number of nitrogens with zero attached hydrogens (tertiary/aromatic N) is 3.